The number of carbonyl (C=O) groups excluding carboxylic acids is 1. The molecule has 0 N–H and O–H groups in total. The molecule has 4 heteroatoms. The van der Waals surface area contributed by atoms with Crippen LogP contribution in [0.25, 0.3) is 0 Å². The van der Waals surface area contributed by atoms with Crippen LogP contribution < -0.4 is 5.46 Å². The zero-order valence-electron chi connectivity index (χ0n) is 7.53. The van der Waals surface area contributed by atoms with Gasteiger partial charge in [-0.05, 0) is 6.07 Å². The molecule has 0 atom stereocenters. The number of carbonyl (C=O) groups is 1. The first kappa shape index (κ1) is 8.78. The minimum atomic E-state index is -0.0568. The minimum Gasteiger partial charge on any atom is -0.343 e. The normalized spacial score (nSPS) is 9.50. The van der Waals surface area contributed by atoms with E-state index in [1.165, 1.54) is 4.90 Å². The van der Waals surface area contributed by atoms with E-state index in [0.717, 1.165) is 5.46 Å². The van der Waals surface area contributed by atoms with Crippen LogP contribution in [0, 0.1) is 0 Å². The Morgan fingerprint density at radius 1 is 1.58 bits per heavy atom. The summed E-state index contributed by atoms with van der Waals surface area (Å²) in [4.78, 5) is 16.8. The number of pyridine rings is 1. The molecule has 0 fully saturated rings. The molecule has 0 aromatic carbocycles. The largest absolute Gasteiger partial charge is 0.343 e. The van der Waals surface area contributed by atoms with Gasteiger partial charge in [0.2, 0.25) is 0 Å². The maximum atomic E-state index is 11.4. The quantitative estimate of drug-likeness (QED) is 0.498. The maximum absolute atomic E-state index is 11.4. The summed E-state index contributed by atoms with van der Waals surface area (Å²) in [7, 11) is 5.37. The van der Waals surface area contributed by atoms with E-state index in [1.54, 1.807) is 26.4 Å². The van der Waals surface area contributed by atoms with Crippen molar-refractivity contribution in [3.8, 4) is 0 Å². The highest BCUT2D eigenvalue weighted by Gasteiger charge is 2.07. The third-order valence-corrected chi connectivity index (χ3v) is 1.54. The third-order valence-electron chi connectivity index (χ3n) is 1.54. The number of hydrogen-bond acceptors (Lipinski definition) is 2. The molecular formula is C8H11BN2O. The first-order valence-electron chi connectivity index (χ1n) is 3.75. The van der Waals surface area contributed by atoms with E-state index >= 15 is 0 Å². The van der Waals surface area contributed by atoms with E-state index in [0.29, 0.717) is 5.69 Å². The van der Waals surface area contributed by atoms with Gasteiger partial charge in [-0.3, -0.25) is 9.78 Å². The predicted octanol–water partition coefficient (Wildman–Crippen LogP) is -0.958. The third kappa shape index (κ3) is 1.84. The standard InChI is InChI=1S/C8H11BN2O/c1-11(2)8(12)7-5-6(9)3-4-10-7/h3-5H,9H2,1-2H3. The van der Waals surface area contributed by atoms with Crippen LogP contribution in [0.4, 0.5) is 0 Å². The SMILES string of the molecule is Bc1ccnc(C(=O)N(C)C)c1. The van der Waals surface area contributed by atoms with Crippen LogP contribution in [-0.2, 0) is 0 Å². The molecule has 62 valence electrons. The monoisotopic (exact) mass is 162 g/mol. The van der Waals surface area contributed by atoms with Gasteiger partial charge in [-0.2, -0.15) is 0 Å². The summed E-state index contributed by atoms with van der Waals surface area (Å²) in [5.41, 5.74) is 1.55. The lowest BCUT2D eigenvalue weighted by molar-refractivity contribution is 0.0822. The maximum Gasteiger partial charge on any atom is 0.271 e. The molecule has 0 bridgehead atoms. The van der Waals surface area contributed by atoms with E-state index in [4.69, 9.17) is 0 Å². The average molecular weight is 162 g/mol. The summed E-state index contributed by atoms with van der Waals surface area (Å²) >= 11 is 0. The lowest BCUT2D eigenvalue weighted by Gasteiger charge is -2.08. The lowest BCUT2D eigenvalue weighted by Crippen LogP contribution is -2.24. The molecule has 0 radical (unpaired) electrons. The Morgan fingerprint density at radius 2 is 2.25 bits per heavy atom. The van der Waals surface area contributed by atoms with Crippen molar-refractivity contribution in [2.45, 2.75) is 0 Å². The van der Waals surface area contributed by atoms with Gasteiger partial charge in [-0.25, -0.2) is 0 Å². The molecule has 1 aromatic rings. The Hall–Kier alpha value is -1.32. The van der Waals surface area contributed by atoms with Gasteiger partial charge in [-0.1, -0.05) is 11.5 Å². The number of rotatable bonds is 1. The fourth-order valence-electron chi connectivity index (χ4n) is 0.882. The van der Waals surface area contributed by atoms with Crippen molar-refractivity contribution in [2.24, 2.45) is 0 Å². The van der Waals surface area contributed by atoms with Gasteiger partial charge in [-0.15, -0.1) is 0 Å². The fourth-order valence-corrected chi connectivity index (χ4v) is 0.882. The van der Waals surface area contributed by atoms with Crippen molar-refractivity contribution >= 4 is 19.2 Å². The lowest BCUT2D eigenvalue weighted by atomic mass is 9.97. The van der Waals surface area contributed by atoms with E-state index in [9.17, 15) is 4.79 Å². The average Bonchev–Trinajstić information content (AvgIpc) is 2.03. The number of hydrogen-bond donors (Lipinski definition) is 0. The van der Waals surface area contributed by atoms with Crippen LogP contribution in [-0.4, -0.2) is 37.7 Å². The molecular weight excluding hydrogens is 151 g/mol. The second-order valence-electron chi connectivity index (χ2n) is 2.92. The van der Waals surface area contributed by atoms with Crippen LogP contribution in [0.3, 0.4) is 0 Å². The molecule has 12 heavy (non-hydrogen) atoms. The van der Waals surface area contributed by atoms with Gasteiger partial charge in [0.15, 0.2) is 0 Å². The zero-order chi connectivity index (χ0) is 9.14. The Labute approximate surface area is 72.8 Å². The van der Waals surface area contributed by atoms with E-state index in [1.807, 2.05) is 13.9 Å². The van der Waals surface area contributed by atoms with E-state index in [-0.39, 0.29) is 5.91 Å². The van der Waals surface area contributed by atoms with Crippen LogP contribution in [0.5, 0.6) is 0 Å². The van der Waals surface area contributed by atoms with Gasteiger partial charge < -0.3 is 4.90 Å². The highest BCUT2D eigenvalue weighted by molar-refractivity contribution is 6.32. The van der Waals surface area contributed by atoms with Crippen molar-refractivity contribution < 1.29 is 4.79 Å². The minimum absolute atomic E-state index is 0.0568. The van der Waals surface area contributed by atoms with Gasteiger partial charge in [0.25, 0.3) is 5.91 Å². The zero-order valence-corrected chi connectivity index (χ0v) is 7.53. The highest BCUT2D eigenvalue weighted by Crippen LogP contribution is 1.94. The van der Waals surface area contributed by atoms with Gasteiger partial charge >= 0.3 is 0 Å². The van der Waals surface area contributed by atoms with Crippen molar-refractivity contribution in [2.75, 3.05) is 14.1 Å². The molecule has 0 aliphatic carbocycles. The summed E-state index contributed by atoms with van der Waals surface area (Å²) in [6.45, 7) is 0. The van der Waals surface area contributed by atoms with Gasteiger partial charge in [0.1, 0.15) is 13.5 Å². The molecule has 0 saturated heterocycles. The molecule has 1 amide bonds. The van der Waals surface area contributed by atoms with Crippen molar-refractivity contribution in [1.29, 1.82) is 0 Å². The first-order valence-corrected chi connectivity index (χ1v) is 3.75. The summed E-state index contributed by atoms with van der Waals surface area (Å²) in [5, 5.41) is 0. The molecule has 0 aliphatic heterocycles. The van der Waals surface area contributed by atoms with Crippen molar-refractivity contribution in [1.82, 2.24) is 9.88 Å². The van der Waals surface area contributed by atoms with Crippen molar-refractivity contribution in [3.63, 3.8) is 0 Å². The molecule has 0 spiro atoms. The second-order valence-corrected chi connectivity index (χ2v) is 2.92. The molecule has 3 nitrogen and oxygen atoms in total. The fraction of sp³-hybridized carbons (Fsp3) is 0.250. The van der Waals surface area contributed by atoms with E-state index < -0.39 is 0 Å². The number of nitrogens with zero attached hydrogens (tertiary/aromatic N) is 2. The Kier molecular flexibility index (Phi) is 2.48. The van der Waals surface area contributed by atoms with Crippen LogP contribution in [0.15, 0.2) is 18.3 Å². The highest BCUT2D eigenvalue weighted by atomic mass is 16.2. The van der Waals surface area contributed by atoms with Crippen LogP contribution in [0.2, 0.25) is 0 Å². The predicted molar refractivity (Wildman–Crippen MR) is 50.4 cm³/mol. The summed E-state index contributed by atoms with van der Waals surface area (Å²) < 4.78 is 0. The molecule has 0 unspecified atom stereocenters. The topological polar surface area (TPSA) is 33.2 Å². The Balaban J connectivity index is 2.96. The summed E-state index contributed by atoms with van der Waals surface area (Å²) in [6, 6.07) is 3.65. The van der Waals surface area contributed by atoms with Gasteiger partial charge in [0, 0.05) is 20.3 Å². The molecule has 1 aromatic heterocycles. The molecule has 1 heterocycles. The number of aromatic nitrogens is 1. The molecule has 0 saturated carbocycles. The smallest absolute Gasteiger partial charge is 0.271 e. The first-order chi connectivity index (χ1) is 5.61. The Morgan fingerprint density at radius 3 is 2.75 bits per heavy atom. The molecule has 0 aliphatic rings. The van der Waals surface area contributed by atoms with Crippen molar-refractivity contribution in [3.05, 3.63) is 24.0 Å². The number of amides is 1. The summed E-state index contributed by atoms with van der Waals surface area (Å²) in [5.74, 6) is -0.0568. The van der Waals surface area contributed by atoms with Crippen LogP contribution >= 0.6 is 0 Å². The van der Waals surface area contributed by atoms with E-state index in [2.05, 4.69) is 4.98 Å². The molecule has 1 rings (SSSR count). The Bertz CT molecular complexity index is 299. The van der Waals surface area contributed by atoms with Gasteiger partial charge in [0.05, 0.1) is 0 Å². The second kappa shape index (κ2) is 3.39. The van der Waals surface area contributed by atoms with Crippen LogP contribution in [0.1, 0.15) is 10.5 Å². The summed E-state index contributed by atoms with van der Waals surface area (Å²) in [6.07, 6.45) is 1.64.